The number of aromatic amines is 1. The normalized spacial score (nSPS) is 17.4. The summed E-state index contributed by atoms with van der Waals surface area (Å²) in [5.74, 6) is -1.05. The Morgan fingerprint density at radius 2 is 2.25 bits per heavy atom. The number of aryl methyl sites for hydroxylation is 1. The number of likely N-dealkylation sites (tertiary alicyclic amines) is 1. The molecule has 8 nitrogen and oxygen atoms in total. The SMILES string of the molecule is Cn1ncc2c(=O)[nH]c(CN3CCC(Cc4ccc(F)c(C(=O)O)c4)C3)nc21. The summed E-state index contributed by atoms with van der Waals surface area (Å²) in [4.78, 5) is 32.8. The molecule has 1 saturated heterocycles. The van der Waals surface area contributed by atoms with Gasteiger partial charge >= 0.3 is 5.97 Å². The minimum Gasteiger partial charge on any atom is -0.478 e. The average Bonchev–Trinajstić information content (AvgIpc) is 3.24. The first-order valence-electron chi connectivity index (χ1n) is 9.05. The zero-order valence-electron chi connectivity index (χ0n) is 15.4. The lowest BCUT2D eigenvalue weighted by Crippen LogP contribution is -2.24. The van der Waals surface area contributed by atoms with Crippen molar-refractivity contribution in [1.82, 2.24) is 24.6 Å². The molecule has 3 heterocycles. The highest BCUT2D eigenvalue weighted by Gasteiger charge is 2.24. The molecule has 2 N–H and O–H groups in total. The highest BCUT2D eigenvalue weighted by atomic mass is 19.1. The smallest absolute Gasteiger partial charge is 0.338 e. The van der Waals surface area contributed by atoms with Gasteiger partial charge < -0.3 is 10.1 Å². The minimum absolute atomic E-state index is 0.198. The number of fused-ring (bicyclic) bond motifs is 1. The van der Waals surface area contributed by atoms with Crippen LogP contribution < -0.4 is 5.56 Å². The largest absolute Gasteiger partial charge is 0.478 e. The van der Waals surface area contributed by atoms with Crippen molar-refractivity contribution < 1.29 is 14.3 Å². The van der Waals surface area contributed by atoms with Crippen molar-refractivity contribution in [3.8, 4) is 0 Å². The molecule has 1 aliphatic rings. The zero-order valence-corrected chi connectivity index (χ0v) is 15.4. The van der Waals surface area contributed by atoms with Crippen molar-refractivity contribution in [2.24, 2.45) is 13.0 Å². The lowest BCUT2D eigenvalue weighted by atomic mass is 9.97. The maximum atomic E-state index is 13.6. The number of nitrogens with zero attached hydrogens (tertiary/aromatic N) is 4. The minimum atomic E-state index is -1.26. The highest BCUT2D eigenvalue weighted by molar-refractivity contribution is 5.88. The van der Waals surface area contributed by atoms with Crippen molar-refractivity contribution in [3.63, 3.8) is 0 Å². The van der Waals surface area contributed by atoms with Crippen molar-refractivity contribution >= 4 is 17.0 Å². The Morgan fingerprint density at radius 3 is 3.04 bits per heavy atom. The predicted octanol–water partition coefficient (Wildman–Crippen LogP) is 1.56. The first kappa shape index (κ1) is 18.3. The molecule has 4 rings (SSSR count). The van der Waals surface area contributed by atoms with Crippen molar-refractivity contribution in [3.05, 3.63) is 57.5 Å². The molecular weight excluding hydrogens is 365 g/mol. The van der Waals surface area contributed by atoms with Gasteiger partial charge in [-0.25, -0.2) is 14.2 Å². The fourth-order valence-electron chi connectivity index (χ4n) is 3.78. The van der Waals surface area contributed by atoms with E-state index in [-0.39, 0.29) is 11.1 Å². The van der Waals surface area contributed by atoms with Gasteiger partial charge in [-0.2, -0.15) is 5.10 Å². The van der Waals surface area contributed by atoms with Crippen LogP contribution in [0.5, 0.6) is 0 Å². The maximum absolute atomic E-state index is 13.6. The fraction of sp³-hybridized carbons (Fsp3) is 0.368. The van der Waals surface area contributed by atoms with Crippen LogP contribution in [-0.4, -0.2) is 48.8 Å². The predicted molar refractivity (Wildman–Crippen MR) is 99.6 cm³/mol. The summed E-state index contributed by atoms with van der Waals surface area (Å²) >= 11 is 0. The number of hydrogen-bond acceptors (Lipinski definition) is 5. The van der Waals surface area contributed by atoms with Crippen LogP contribution in [0.1, 0.15) is 28.2 Å². The molecule has 146 valence electrons. The summed E-state index contributed by atoms with van der Waals surface area (Å²) in [5.41, 5.74) is 0.880. The van der Waals surface area contributed by atoms with Crippen molar-refractivity contribution in [2.75, 3.05) is 13.1 Å². The second-order valence-corrected chi connectivity index (χ2v) is 7.23. The Bertz CT molecular complexity index is 1110. The van der Waals surface area contributed by atoms with E-state index in [2.05, 4.69) is 20.0 Å². The van der Waals surface area contributed by atoms with Crippen LogP contribution in [0.25, 0.3) is 11.0 Å². The average molecular weight is 385 g/mol. The Hall–Kier alpha value is -3.07. The van der Waals surface area contributed by atoms with Gasteiger partial charge in [0.15, 0.2) is 5.65 Å². The third-order valence-corrected chi connectivity index (χ3v) is 5.18. The second-order valence-electron chi connectivity index (χ2n) is 7.23. The monoisotopic (exact) mass is 385 g/mol. The van der Waals surface area contributed by atoms with E-state index >= 15 is 0 Å². The van der Waals surface area contributed by atoms with Crippen LogP contribution >= 0.6 is 0 Å². The lowest BCUT2D eigenvalue weighted by molar-refractivity contribution is 0.0691. The van der Waals surface area contributed by atoms with Gasteiger partial charge in [0.05, 0.1) is 18.3 Å². The zero-order chi connectivity index (χ0) is 19.8. The Balaban J connectivity index is 1.43. The lowest BCUT2D eigenvalue weighted by Gasteiger charge is -2.15. The molecule has 1 fully saturated rings. The van der Waals surface area contributed by atoms with E-state index in [1.807, 2.05) is 0 Å². The van der Waals surface area contributed by atoms with Gasteiger partial charge in [-0.15, -0.1) is 0 Å². The van der Waals surface area contributed by atoms with Crippen molar-refractivity contribution in [1.29, 1.82) is 0 Å². The van der Waals surface area contributed by atoms with Crippen LogP contribution in [0.15, 0.2) is 29.2 Å². The van der Waals surface area contributed by atoms with Crippen LogP contribution in [0.4, 0.5) is 4.39 Å². The molecule has 0 amide bonds. The number of halogens is 1. The topological polar surface area (TPSA) is 104 Å². The maximum Gasteiger partial charge on any atom is 0.338 e. The molecule has 0 saturated carbocycles. The van der Waals surface area contributed by atoms with E-state index in [9.17, 15) is 14.0 Å². The quantitative estimate of drug-likeness (QED) is 0.691. The number of hydrogen-bond donors (Lipinski definition) is 2. The van der Waals surface area contributed by atoms with Crippen LogP contribution in [0, 0.1) is 11.7 Å². The van der Waals surface area contributed by atoms with Crippen LogP contribution in [0.2, 0.25) is 0 Å². The van der Waals surface area contributed by atoms with E-state index in [1.165, 1.54) is 18.3 Å². The molecule has 2 aromatic heterocycles. The number of H-pyrrole nitrogens is 1. The molecule has 0 aliphatic carbocycles. The highest BCUT2D eigenvalue weighted by Crippen LogP contribution is 2.23. The molecule has 1 atom stereocenters. The molecular formula is C19H20FN5O3. The second kappa shape index (κ2) is 7.16. The summed E-state index contributed by atoms with van der Waals surface area (Å²) in [7, 11) is 1.75. The van der Waals surface area contributed by atoms with Gasteiger partial charge in [-0.3, -0.25) is 14.4 Å². The first-order chi connectivity index (χ1) is 13.4. The molecule has 28 heavy (non-hydrogen) atoms. The number of carboxylic acids is 1. The van der Waals surface area contributed by atoms with E-state index in [0.29, 0.717) is 35.7 Å². The van der Waals surface area contributed by atoms with E-state index in [0.717, 1.165) is 25.1 Å². The van der Waals surface area contributed by atoms with Gasteiger partial charge in [-0.1, -0.05) is 6.07 Å². The number of carboxylic acid groups (broad SMARTS) is 1. The summed E-state index contributed by atoms with van der Waals surface area (Å²) < 4.78 is 15.1. The standard InChI is InChI=1S/C19H20FN5O3/c1-24-17-14(8-21-24)18(26)23-16(22-17)10-25-5-4-12(9-25)6-11-2-3-15(20)13(7-11)19(27)28/h2-3,7-8,12H,4-6,9-10H2,1H3,(H,27,28)(H,22,23,26). The van der Waals surface area contributed by atoms with E-state index in [4.69, 9.17) is 5.11 Å². The number of aromatic nitrogens is 4. The molecule has 1 aliphatic heterocycles. The summed E-state index contributed by atoms with van der Waals surface area (Å²) in [5, 5.41) is 13.6. The summed E-state index contributed by atoms with van der Waals surface area (Å²) in [6.45, 7) is 2.17. The van der Waals surface area contributed by atoms with E-state index < -0.39 is 11.8 Å². The van der Waals surface area contributed by atoms with Crippen molar-refractivity contribution in [2.45, 2.75) is 19.4 Å². The Kier molecular flexibility index (Phi) is 4.68. The molecule has 3 aromatic rings. The van der Waals surface area contributed by atoms with Gasteiger partial charge in [-0.05, 0) is 43.0 Å². The van der Waals surface area contributed by atoms with Gasteiger partial charge in [0.1, 0.15) is 17.0 Å². The Morgan fingerprint density at radius 1 is 1.43 bits per heavy atom. The van der Waals surface area contributed by atoms with Gasteiger partial charge in [0.25, 0.3) is 5.56 Å². The van der Waals surface area contributed by atoms with Crippen LogP contribution in [0.3, 0.4) is 0 Å². The number of nitrogens with one attached hydrogen (secondary N) is 1. The number of aromatic carboxylic acids is 1. The number of rotatable bonds is 5. The molecule has 0 radical (unpaired) electrons. The Labute approximate surface area is 159 Å². The molecule has 9 heteroatoms. The van der Waals surface area contributed by atoms with E-state index in [1.54, 1.807) is 17.8 Å². The van der Waals surface area contributed by atoms with Gasteiger partial charge in [0, 0.05) is 13.6 Å². The molecule has 0 spiro atoms. The summed E-state index contributed by atoms with van der Waals surface area (Å²) in [6.07, 6.45) is 3.13. The molecule has 0 bridgehead atoms. The summed E-state index contributed by atoms with van der Waals surface area (Å²) in [6, 6.07) is 4.26. The number of carbonyl (C=O) groups is 1. The fourth-order valence-corrected chi connectivity index (χ4v) is 3.78. The molecule has 1 aromatic carbocycles. The third kappa shape index (κ3) is 3.53. The first-order valence-corrected chi connectivity index (χ1v) is 9.05. The molecule has 1 unspecified atom stereocenters. The third-order valence-electron chi connectivity index (χ3n) is 5.18. The van der Waals surface area contributed by atoms with Gasteiger partial charge in [0.2, 0.25) is 0 Å². The number of benzene rings is 1. The van der Waals surface area contributed by atoms with Crippen LogP contribution in [-0.2, 0) is 20.0 Å².